The van der Waals surface area contributed by atoms with Gasteiger partial charge in [0.05, 0.1) is 13.2 Å². The molecule has 0 spiro atoms. The molecule has 1 N–H and O–H groups in total. The summed E-state index contributed by atoms with van der Waals surface area (Å²) < 4.78 is 5.50. The Kier molecular flexibility index (Phi) is 5.42. The van der Waals surface area contributed by atoms with Crippen molar-refractivity contribution in [2.24, 2.45) is 5.92 Å². The van der Waals surface area contributed by atoms with Gasteiger partial charge in [0.25, 0.3) is 0 Å². The van der Waals surface area contributed by atoms with Crippen LogP contribution in [0.15, 0.2) is 42.5 Å². The van der Waals surface area contributed by atoms with Crippen LogP contribution in [0.4, 0.5) is 0 Å². The summed E-state index contributed by atoms with van der Waals surface area (Å²) in [5.74, 6) is 1.61. The van der Waals surface area contributed by atoms with Gasteiger partial charge in [0, 0.05) is 28.2 Å². The Morgan fingerprint density at radius 1 is 1.08 bits per heavy atom. The third kappa shape index (κ3) is 3.59. The standard InChI is InChI=1S/C21H24Cl2N2O/c1-26-19-5-3-2-4-15(19)13-24-20-14-6-8-25(9-7-14)21(20)16-10-17(22)12-18(23)11-16/h2-5,10-12,14,20-21,24H,6-9,13H2,1H3. The fraction of sp³-hybridized carbons (Fsp3) is 0.429. The van der Waals surface area contributed by atoms with Crippen molar-refractivity contribution < 1.29 is 4.74 Å². The highest BCUT2D eigenvalue weighted by Gasteiger charge is 2.42. The molecule has 3 heterocycles. The molecule has 2 atom stereocenters. The van der Waals surface area contributed by atoms with Crippen molar-refractivity contribution in [1.82, 2.24) is 10.2 Å². The molecule has 3 nitrogen and oxygen atoms in total. The van der Waals surface area contributed by atoms with Gasteiger partial charge in [0.1, 0.15) is 5.75 Å². The first kappa shape index (κ1) is 18.1. The van der Waals surface area contributed by atoms with Crippen LogP contribution in [0.1, 0.15) is 30.0 Å². The van der Waals surface area contributed by atoms with E-state index in [4.69, 9.17) is 27.9 Å². The summed E-state index contributed by atoms with van der Waals surface area (Å²) in [5, 5.41) is 5.24. The number of methoxy groups -OCH3 is 1. The van der Waals surface area contributed by atoms with Crippen LogP contribution in [0, 0.1) is 5.92 Å². The number of nitrogens with one attached hydrogen (secondary N) is 1. The van der Waals surface area contributed by atoms with Gasteiger partial charge >= 0.3 is 0 Å². The van der Waals surface area contributed by atoms with E-state index in [-0.39, 0.29) is 0 Å². The van der Waals surface area contributed by atoms with Gasteiger partial charge in [-0.3, -0.25) is 4.90 Å². The minimum atomic E-state index is 0.313. The van der Waals surface area contributed by atoms with Gasteiger partial charge in [-0.1, -0.05) is 41.4 Å². The van der Waals surface area contributed by atoms with Crippen molar-refractivity contribution in [2.45, 2.75) is 31.5 Å². The molecule has 2 aromatic rings. The van der Waals surface area contributed by atoms with Crippen molar-refractivity contribution in [2.75, 3.05) is 20.2 Å². The van der Waals surface area contributed by atoms with Crippen LogP contribution in [-0.4, -0.2) is 31.1 Å². The van der Waals surface area contributed by atoms with Crippen molar-refractivity contribution in [3.63, 3.8) is 0 Å². The van der Waals surface area contributed by atoms with E-state index in [0.717, 1.165) is 25.4 Å². The number of hydrogen-bond acceptors (Lipinski definition) is 3. The van der Waals surface area contributed by atoms with Gasteiger partial charge < -0.3 is 10.1 Å². The van der Waals surface area contributed by atoms with Crippen molar-refractivity contribution in [3.8, 4) is 5.75 Å². The lowest BCUT2D eigenvalue weighted by atomic mass is 9.76. The molecule has 3 aliphatic heterocycles. The van der Waals surface area contributed by atoms with Crippen LogP contribution in [0.5, 0.6) is 5.75 Å². The summed E-state index contributed by atoms with van der Waals surface area (Å²) in [7, 11) is 1.73. The average molecular weight is 391 g/mol. The van der Waals surface area contributed by atoms with Crippen molar-refractivity contribution >= 4 is 23.2 Å². The maximum atomic E-state index is 6.29. The van der Waals surface area contributed by atoms with Crippen LogP contribution >= 0.6 is 23.2 Å². The highest BCUT2D eigenvalue weighted by molar-refractivity contribution is 6.34. The molecule has 2 aromatic carbocycles. The van der Waals surface area contributed by atoms with Crippen LogP contribution in [0.2, 0.25) is 10.0 Å². The quantitative estimate of drug-likeness (QED) is 0.783. The molecule has 2 bridgehead atoms. The molecule has 0 saturated carbocycles. The zero-order chi connectivity index (χ0) is 18.1. The van der Waals surface area contributed by atoms with E-state index in [9.17, 15) is 0 Å². The topological polar surface area (TPSA) is 24.5 Å². The summed E-state index contributed by atoms with van der Waals surface area (Å²) in [4.78, 5) is 2.57. The monoisotopic (exact) mass is 390 g/mol. The molecule has 2 unspecified atom stereocenters. The summed E-state index contributed by atoms with van der Waals surface area (Å²) in [6.07, 6.45) is 2.49. The van der Waals surface area contributed by atoms with E-state index in [2.05, 4.69) is 34.5 Å². The number of piperidine rings is 3. The lowest BCUT2D eigenvalue weighted by Crippen LogP contribution is -2.57. The number of fused-ring (bicyclic) bond motifs is 3. The van der Waals surface area contributed by atoms with Crippen LogP contribution in [0.3, 0.4) is 0 Å². The maximum Gasteiger partial charge on any atom is 0.123 e. The SMILES string of the molecule is COc1ccccc1CNC1C2CCN(CC2)C1c1cc(Cl)cc(Cl)c1. The minimum Gasteiger partial charge on any atom is -0.496 e. The molecule has 0 amide bonds. The average Bonchev–Trinajstić information content (AvgIpc) is 2.66. The van der Waals surface area contributed by atoms with Crippen molar-refractivity contribution in [3.05, 3.63) is 63.6 Å². The van der Waals surface area contributed by atoms with Gasteiger partial charge in [0.2, 0.25) is 0 Å². The molecule has 0 radical (unpaired) electrons. The lowest BCUT2D eigenvalue weighted by Gasteiger charge is -2.51. The lowest BCUT2D eigenvalue weighted by molar-refractivity contribution is 0.0112. The first-order chi connectivity index (χ1) is 12.7. The van der Waals surface area contributed by atoms with Gasteiger partial charge in [0.15, 0.2) is 0 Å². The maximum absolute atomic E-state index is 6.29. The summed E-state index contributed by atoms with van der Waals surface area (Å²) >= 11 is 12.6. The van der Waals surface area contributed by atoms with Crippen LogP contribution in [-0.2, 0) is 6.54 Å². The number of hydrogen-bond donors (Lipinski definition) is 1. The van der Waals surface area contributed by atoms with Gasteiger partial charge in [-0.15, -0.1) is 0 Å². The van der Waals surface area contributed by atoms with Gasteiger partial charge in [-0.25, -0.2) is 0 Å². The summed E-state index contributed by atoms with van der Waals surface area (Å²) in [6.45, 7) is 3.09. The molecule has 5 heteroatoms. The molecule has 3 saturated heterocycles. The summed E-state index contributed by atoms with van der Waals surface area (Å²) in [5.41, 5.74) is 2.40. The Hall–Kier alpha value is -1.26. The largest absolute Gasteiger partial charge is 0.496 e. The molecule has 3 fully saturated rings. The van der Waals surface area contributed by atoms with Gasteiger partial charge in [-0.05, 0) is 61.7 Å². The van der Waals surface area contributed by atoms with E-state index >= 15 is 0 Å². The normalized spacial score (nSPS) is 27.5. The molecule has 5 rings (SSSR count). The Balaban J connectivity index is 1.59. The second-order valence-corrected chi connectivity index (χ2v) is 8.11. The fourth-order valence-corrected chi connectivity index (χ4v) is 5.10. The molecule has 0 aromatic heterocycles. The number of rotatable bonds is 5. The molecular formula is C21H24Cl2N2O. The first-order valence-corrected chi connectivity index (χ1v) is 9.96. The van der Waals surface area contributed by atoms with E-state index < -0.39 is 0 Å². The molecule has 3 aliphatic rings. The highest BCUT2D eigenvalue weighted by atomic mass is 35.5. The number of para-hydroxylation sites is 1. The Labute approximate surface area is 165 Å². The van der Waals surface area contributed by atoms with Crippen LogP contribution in [0.25, 0.3) is 0 Å². The number of nitrogens with zero attached hydrogens (tertiary/aromatic N) is 1. The number of ether oxygens (including phenoxy) is 1. The molecule has 0 aliphatic carbocycles. The molecule has 138 valence electrons. The van der Waals surface area contributed by atoms with E-state index in [1.807, 2.05) is 12.1 Å². The Morgan fingerprint density at radius 2 is 1.77 bits per heavy atom. The van der Waals surface area contributed by atoms with Gasteiger partial charge in [-0.2, -0.15) is 0 Å². The minimum absolute atomic E-state index is 0.313. The third-order valence-corrected chi connectivity index (χ3v) is 6.20. The zero-order valence-corrected chi connectivity index (χ0v) is 16.4. The predicted octanol–water partition coefficient (Wildman–Crippen LogP) is 4.93. The molecular weight excluding hydrogens is 367 g/mol. The fourth-order valence-electron chi connectivity index (χ4n) is 4.56. The van der Waals surface area contributed by atoms with E-state index in [1.165, 1.54) is 24.0 Å². The van der Waals surface area contributed by atoms with E-state index in [0.29, 0.717) is 28.0 Å². The zero-order valence-electron chi connectivity index (χ0n) is 14.9. The first-order valence-electron chi connectivity index (χ1n) is 9.21. The Morgan fingerprint density at radius 3 is 2.46 bits per heavy atom. The van der Waals surface area contributed by atoms with E-state index in [1.54, 1.807) is 13.2 Å². The highest BCUT2D eigenvalue weighted by Crippen LogP contribution is 2.42. The predicted molar refractivity (Wildman–Crippen MR) is 107 cm³/mol. The number of halogens is 2. The smallest absolute Gasteiger partial charge is 0.123 e. The van der Waals surface area contributed by atoms with Crippen LogP contribution < -0.4 is 10.1 Å². The second kappa shape index (κ2) is 7.77. The molecule has 26 heavy (non-hydrogen) atoms. The van der Waals surface area contributed by atoms with Crippen molar-refractivity contribution in [1.29, 1.82) is 0 Å². The number of benzene rings is 2. The third-order valence-electron chi connectivity index (χ3n) is 5.76. The Bertz CT molecular complexity index is 754. The summed E-state index contributed by atoms with van der Waals surface area (Å²) in [6, 6.07) is 14.8. The second-order valence-electron chi connectivity index (χ2n) is 7.24.